The third-order valence-electron chi connectivity index (χ3n) is 3.88. The van der Waals surface area contributed by atoms with Gasteiger partial charge in [-0.3, -0.25) is 4.79 Å². The largest absolute Gasteiger partial charge is 0.479 e. The molecule has 0 N–H and O–H groups in total. The van der Waals surface area contributed by atoms with E-state index in [1.54, 1.807) is 51.1 Å². The molecule has 1 aromatic heterocycles. The van der Waals surface area contributed by atoms with E-state index in [4.69, 9.17) is 18.6 Å². The summed E-state index contributed by atoms with van der Waals surface area (Å²) in [6.45, 7) is 5.27. The fraction of sp³-hybridized carbons (Fsp3) is 0.238. The molecule has 0 spiro atoms. The van der Waals surface area contributed by atoms with Crippen LogP contribution in [-0.2, 0) is 9.53 Å². The zero-order chi connectivity index (χ0) is 19.4. The second-order valence-electron chi connectivity index (χ2n) is 5.90. The second-order valence-corrected chi connectivity index (χ2v) is 5.90. The van der Waals surface area contributed by atoms with Gasteiger partial charge in [0.05, 0.1) is 12.0 Å². The van der Waals surface area contributed by atoms with Crippen molar-refractivity contribution in [2.75, 3.05) is 6.61 Å². The van der Waals surface area contributed by atoms with Gasteiger partial charge in [0, 0.05) is 6.07 Å². The molecule has 0 saturated heterocycles. The van der Waals surface area contributed by atoms with E-state index in [9.17, 15) is 9.59 Å². The molecular weight excluding hydrogens is 348 g/mol. The molecule has 6 nitrogen and oxygen atoms in total. The topological polar surface area (TPSA) is 75.0 Å². The maximum atomic E-state index is 12.8. The van der Waals surface area contributed by atoms with Crippen LogP contribution in [0.2, 0.25) is 0 Å². The van der Waals surface area contributed by atoms with Gasteiger partial charge < -0.3 is 18.6 Å². The molecule has 0 aliphatic rings. The van der Waals surface area contributed by atoms with Gasteiger partial charge in [-0.25, -0.2) is 4.79 Å². The van der Waals surface area contributed by atoms with Gasteiger partial charge in [0.1, 0.15) is 22.8 Å². The zero-order valence-electron chi connectivity index (χ0n) is 15.4. The lowest BCUT2D eigenvalue weighted by Gasteiger charge is -2.14. The van der Waals surface area contributed by atoms with E-state index in [1.165, 1.54) is 0 Å². The molecule has 0 bridgehead atoms. The Bertz CT molecular complexity index is 1010. The van der Waals surface area contributed by atoms with E-state index in [1.807, 2.05) is 18.2 Å². The molecule has 6 heteroatoms. The average Bonchev–Trinajstić information content (AvgIpc) is 2.66. The van der Waals surface area contributed by atoms with Crippen LogP contribution in [0.4, 0.5) is 0 Å². The van der Waals surface area contributed by atoms with E-state index >= 15 is 0 Å². The lowest BCUT2D eigenvalue weighted by atomic mass is 10.2. The van der Waals surface area contributed by atoms with Crippen molar-refractivity contribution in [1.82, 2.24) is 0 Å². The maximum absolute atomic E-state index is 12.8. The molecule has 0 aliphatic carbocycles. The highest BCUT2D eigenvalue weighted by molar-refractivity contribution is 5.80. The van der Waals surface area contributed by atoms with E-state index < -0.39 is 12.1 Å². The Hall–Kier alpha value is -3.28. The summed E-state index contributed by atoms with van der Waals surface area (Å²) in [7, 11) is 0. The average molecular weight is 368 g/mol. The fourth-order valence-corrected chi connectivity index (χ4v) is 2.58. The fourth-order valence-electron chi connectivity index (χ4n) is 2.58. The Morgan fingerprint density at radius 1 is 1.11 bits per heavy atom. The quantitative estimate of drug-likeness (QED) is 0.606. The van der Waals surface area contributed by atoms with Gasteiger partial charge in [-0.05, 0) is 45.0 Å². The molecule has 0 fully saturated rings. The Labute approximate surface area is 156 Å². The molecule has 0 saturated carbocycles. The highest BCUT2D eigenvalue weighted by atomic mass is 16.6. The van der Waals surface area contributed by atoms with E-state index in [-0.39, 0.29) is 17.8 Å². The number of esters is 1. The highest BCUT2D eigenvalue weighted by Gasteiger charge is 2.18. The highest BCUT2D eigenvalue weighted by Crippen LogP contribution is 2.27. The van der Waals surface area contributed by atoms with Crippen LogP contribution in [0, 0.1) is 6.92 Å². The Morgan fingerprint density at radius 3 is 2.56 bits per heavy atom. The van der Waals surface area contributed by atoms with Crippen LogP contribution >= 0.6 is 0 Å². The van der Waals surface area contributed by atoms with Gasteiger partial charge in [0.15, 0.2) is 6.10 Å². The summed E-state index contributed by atoms with van der Waals surface area (Å²) in [6.07, 6.45) is -0.768. The summed E-state index contributed by atoms with van der Waals surface area (Å²) in [5.41, 5.74) is 0.0778. The minimum Gasteiger partial charge on any atom is -0.479 e. The number of carbonyl (C=O) groups is 1. The first-order valence-electron chi connectivity index (χ1n) is 8.63. The van der Waals surface area contributed by atoms with Crippen molar-refractivity contribution in [2.24, 2.45) is 0 Å². The van der Waals surface area contributed by atoms with Crippen LogP contribution in [0.5, 0.6) is 17.2 Å². The smallest absolute Gasteiger partial charge is 0.347 e. The van der Waals surface area contributed by atoms with Crippen molar-refractivity contribution >= 4 is 16.9 Å². The SMILES string of the molecule is CCOC(=O)C(C)Oc1ccc2c(=O)c(Oc3ccccc3)c(C)oc2c1. The third kappa shape index (κ3) is 4.11. The molecule has 3 aromatic rings. The van der Waals surface area contributed by atoms with Gasteiger partial charge in [0.25, 0.3) is 0 Å². The van der Waals surface area contributed by atoms with Crippen molar-refractivity contribution in [3.05, 3.63) is 64.5 Å². The molecule has 27 heavy (non-hydrogen) atoms. The summed E-state index contributed by atoms with van der Waals surface area (Å²) >= 11 is 0. The third-order valence-corrected chi connectivity index (χ3v) is 3.88. The molecule has 1 unspecified atom stereocenters. The Balaban J connectivity index is 1.91. The van der Waals surface area contributed by atoms with Gasteiger partial charge >= 0.3 is 5.97 Å². The van der Waals surface area contributed by atoms with Gasteiger partial charge in [-0.15, -0.1) is 0 Å². The van der Waals surface area contributed by atoms with Crippen molar-refractivity contribution in [3.8, 4) is 17.2 Å². The number of ether oxygens (including phenoxy) is 3. The number of hydrogen-bond donors (Lipinski definition) is 0. The maximum Gasteiger partial charge on any atom is 0.347 e. The van der Waals surface area contributed by atoms with Gasteiger partial charge in [0.2, 0.25) is 11.2 Å². The summed E-state index contributed by atoms with van der Waals surface area (Å²) in [4.78, 5) is 24.5. The molecule has 2 aromatic carbocycles. The first-order valence-corrected chi connectivity index (χ1v) is 8.63. The normalized spacial score (nSPS) is 11.8. The minimum atomic E-state index is -0.768. The van der Waals surface area contributed by atoms with Crippen LogP contribution in [0.15, 0.2) is 57.7 Å². The molecule has 0 aliphatic heterocycles. The zero-order valence-corrected chi connectivity index (χ0v) is 15.4. The number of carbonyl (C=O) groups excluding carboxylic acids is 1. The molecule has 3 rings (SSSR count). The predicted octanol–water partition coefficient (Wildman–Crippen LogP) is 4.22. The standard InChI is InChI=1S/C21H20O6/c1-4-24-21(23)14(3)25-16-10-11-17-18(12-16)26-13(2)20(19(17)22)27-15-8-6-5-7-9-15/h5-12,14H,4H2,1-3H3. The monoisotopic (exact) mass is 368 g/mol. The van der Waals surface area contributed by atoms with Crippen LogP contribution < -0.4 is 14.9 Å². The number of benzene rings is 2. The minimum absolute atomic E-state index is 0.141. The van der Waals surface area contributed by atoms with Crippen molar-refractivity contribution in [2.45, 2.75) is 26.9 Å². The number of rotatable bonds is 6. The van der Waals surface area contributed by atoms with E-state index in [2.05, 4.69) is 0 Å². The lowest BCUT2D eigenvalue weighted by Crippen LogP contribution is -2.26. The van der Waals surface area contributed by atoms with Crippen LogP contribution in [-0.4, -0.2) is 18.7 Å². The molecular formula is C21H20O6. The summed E-state index contributed by atoms with van der Waals surface area (Å²) in [5, 5.41) is 0.364. The van der Waals surface area contributed by atoms with Crippen molar-refractivity contribution in [1.29, 1.82) is 0 Å². The van der Waals surface area contributed by atoms with Crippen LogP contribution in [0.3, 0.4) is 0 Å². The first kappa shape index (κ1) is 18.5. The lowest BCUT2D eigenvalue weighted by molar-refractivity contribution is -0.150. The molecule has 1 heterocycles. The molecule has 140 valence electrons. The first-order chi connectivity index (χ1) is 13.0. The van der Waals surface area contributed by atoms with Crippen molar-refractivity contribution < 1.29 is 23.4 Å². The van der Waals surface area contributed by atoms with E-state index in [0.29, 0.717) is 28.2 Å². The van der Waals surface area contributed by atoms with Crippen LogP contribution in [0.1, 0.15) is 19.6 Å². The summed E-state index contributed by atoms with van der Waals surface area (Å²) in [5.74, 6) is 0.994. The summed E-state index contributed by atoms with van der Waals surface area (Å²) in [6, 6.07) is 13.8. The Morgan fingerprint density at radius 2 is 1.85 bits per heavy atom. The molecule has 1 atom stereocenters. The number of aryl methyl sites for hydroxylation is 1. The predicted molar refractivity (Wildman–Crippen MR) is 100 cm³/mol. The molecule has 0 radical (unpaired) electrons. The van der Waals surface area contributed by atoms with E-state index in [0.717, 1.165) is 0 Å². The second kappa shape index (κ2) is 7.95. The Kier molecular flexibility index (Phi) is 5.45. The van der Waals surface area contributed by atoms with Gasteiger partial charge in [-0.2, -0.15) is 0 Å². The number of para-hydroxylation sites is 1. The number of fused-ring (bicyclic) bond motifs is 1. The van der Waals surface area contributed by atoms with Gasteiger partial charge in [-0.1, -0.05) is 18.2 Å². The van der Waals surface area contributed by atoms with Crippen LogP contribution in [0.25, 0.3) is 11.0 Å². The summed E-state index contributed by atoms with van der Waals surface area (Å²) < 4.78 is 22.0. The molecule has 0 amide bonds. The number of hydrogen-bond acceptors (Lipinski definition) is 6. The van der Waals surface area contributed by atoms with Crippen molar-refractivity contribution in [3.63, 3.8) is 0 Å².